The summed E-state index contributed by atoms with van der Waals surface area (Å²) >= 11 is 0. The number of nitrogens with one attached hydrogen (secondary N) is 1. The predicted octanol–water partition coefficient (Wildman–Crippen LogP) is 0.883. The number of hydrogen-bond donors (Lipinski definition) is 3. The van der Waals surface area contributed by atoms with Crippen LogP contribution in [0, 0.1) is 11.8 Å². The van der Waals surface area contributed by atoms with Crippen LogP contribution < -0.4 is 11.1 Å². The second kappa shape index (κ2) is 7.63. The van der Waals surface area contributed by atoms with Crippen LogP contribution in [-0.4, -0.2) is 29.7 Å². The van der Waals surface area contributed by atoms with Crippen molar-refractivity contribution < 1.29 is 9.90 Å². The maximum Gasteiger partial charge on any atom is 0.237 e. The summed E-state index contributed by atoms with van der Waals surface area (Å²) in [5.41, 5.74) is 5.71. The van der Waals surface area contributed by atoms with Crippen molar-refractivity contribution in [2.24, 2.45) is 17.6 Å². The van der Waals surface area contributed by atoms with E-state index in [9.17, 15) is 9.90 Å². The van der Waals surface area contributed by atoms with Gasteiger partial charge in [0.25, 0.3) is 0 Å². The molecule has 4 N–H and O–H groups in total. The standard InChI is InChI=1S/C12H26N2O2/c1-8(2)5-10(15)7-14-12(16)11(13)6-9(3)4/h8-11,15H,5-7,13H2,1-4H3,(H,14,16)/t10?,11-/m0/s1. The molecular weight excluding hydrogens is 204 g/mol. The van der Waals surface area contributed by atoms with Crippen LogP contribution >= 0.6 is 0 Å². The van der Waals surface area contributed by atoms with Gasteiger partial charge in [-0.05, 0) is 24.7 Å². The molecule has 0 aliphatic heterocycles. The molecule has 16 heavy (non-hydrogen) atoms. The van der Waals surface area contributed by atoms with Crippen LogP contribution in [0.5, 0.6) is 0 Å². The van der Waals surface area contributed by atoms with Gasteiger partial charge in [0.05, 0.1) is 12.1 Å². The average molecular weight is 230 g/mol. The molecule has 0 radical (unpaired) electrons. The summed E-state index contributed by atoms with van der Waals surface area (Å²) in [4.78, 5) is 11.5. The summed E-state index contributed by atoms with van der Waals surface area (Å²) in [6.45, 7) is 8.43. The first-order valence-corrected chi connectivity index (χ1v) is 6.04. The van der Waals surface area contributed by atoms with Gasteiger partial charge in [0.1, 0.15) is 0 Å². The molecule has 0 aromatic carbocycles. The van der Waals surface area contributed by atoms with Gasteiger partial charge < -0.3 is 16.2 Å². The first-order chi connectivity index (χ1) is 7.32. The lowest BCUT2D eigenvalue weighted by Crippen LogP contribution is -2.44. The van der Waals surface area contributed by atoms with E-state index in [0.29, 0.717) is 31.2 Å². The molecule has 0 spiro atoms. The molecule has 4 nitrogen and oxygen atoms in total. The maximum absolute atomic E-state index is 11.5. The van der Waals surface area contributed by atoms with Gasteiger partial charge in [0.2, 0.25) is 5.91 Å². The fraction of sp³-hybridized carbons (Fsp3) is 0.917. The fourth-order valence-corrected chi connectivity index (χ4v) is 1.59. The third-order valence-corrected chi connectivity index (χ3v) is 2.32. The van der Waals surface area contributed by atoms with Crippen molar-refractivity contribution in [2.75, 3.05) is 6.54 Å². The van der Waals surface area contributed by atoms with Gasteiger partial charge in [-0.15, -0.1) is 0 Å². The highest BCUT2D eigenvalue weighted by atomic mass is 16.3. The molecule has 0 aliphatic carbocycles. The van der Waals surface area contributed by atoms with Crippen molar-refractivity contribution in [3.8, 4) is 0 Å². The Morgan fingerprint density at radius 3 is 2.12 bits per heavy atom. The van der Waals surface area contributed by atoms with Crippen LogP contribution in [0.2, 0.25) is 0 Å². The molecule has 0 bridgehead atoms. The zero-order valence-corrected chi connectivity index (χ0v) is 10.9. The van der Waals surface area contributed by atoms with Gasteiger partial charge in [0, 0.05) is 6.54 Å². The lowest BCUT2D eigenvalue weighted by Gasteiger charge is -2.17. The number of aliphatic hydroxyl groups excluding tert-OH is 1. The molecule has 0 rings (SSSR count). The number of hydrogen-bond acceptors (Lipinski definition) is 3. The summed E-state index contributed by atoms with van der Waals surface area (Å²) in [5.74, 6) is 0.661. The monoisotopic (exact) mass is 230 g/mol. The summed E-state index contributed by atoms with van der Waals surface area (Å²) in [6, 6.07) is -0.466. The molecule has 0 saturated heterocycles. The number of amides is 1. The molecule has 4 heteroatoms. The van der Waals surface area contributed by atoms with E-state index >= 15 is 0 Å². The second-order valence-electron chi connectivity index (χ2n) is 5.26. The third kappa shape index (κ3) is 7.65. The van der Waals surface area contributed by atoms with Crippen LogP contribution in [0.4, 0.5) is 0 Å². The van der Waals surface area contributed by atoms with E-state index in [1.807, 2.05) is 27.7 Å². The van der Waals surface area contributed by atoms with Crippen molar-refractivity contribution in [3.05, 3.63) is 0 Å². The lowest BCUT2D eigenvalue weighted by molar-refractivity contribution is -0.123. The van der Waals surface area contributed by atoms with Crippen LogP contribution in [0.1, 0.15) is 40.5 Å². The predicted molar refractivity (Wildman–Crippen MR) is 65.9 cm³/mol. The topological polar surface area (TPSA) is 75.3 Å². The van der Waals surface area contributed by atoms with E-state index in [4.69, 9.17) is 5.73 Å². The first-order valence-electron chi connectivity index (χ1n) is 6.04. The Labute approximate surface area is 98.6 Å². The Kier molecular flexibility index (Phi) is 7.34. The smallest absolute Gasteiger partial charge is 0.237 e. The minimum atomic E-state index is -0.477. The molecule has 0 aromatic rings. The number of nitrogens with two attached hydrogens (primary N) is 1. The van der Waals surface area contributed by atoms with Gasteiger partial charge in [-0.25, -0.2) is 0 Å². The molecule has 2 atom stereocenters. The van der Waals surface area contributed by atoms with E-state index < -0.39 is 12.1 Å². The molecule has 1 unspecified atom stereocenters. The minimum Gasteiger partial charge on any atom is -0.391 e. The van der Waals surface area contributed by atoms with E-state index in [1.165, 1.54) is 0 Å². The Hall–Kier alpha value is -0.610. The number of carbonyl (C=O) groups is 1. The van der Waals surface area contributed by atoms with Crippen LogP contribution in [0.3, 0.4) is 0 Å². The normalized spacial score (nSPS) is 15.2. The largest absolute Gasteiger partial charge is 0.391 e. The quantitative estimate of drug-likeness (QED) is 0.608. The average Bonchev–Trinajstić information content (AvgIpc) is 2.11. The summed E-state index contributed by atoms with van der Waals surface area (Å²) in [5, 5.41) is 12.3. The molecule has 0 saturated carbocycles. The minimum absolute atomic E-state index is 0.170. The summed E-state index contributed by atoms with van der Waals surface area (Å²) in [7, 11) is 0. The SMILES string of the molecule is CC(C)CC(O)CNC(=O)[C@@H](N)CC(C)C. The molecule has 0 heterocycles. The van der Waals surface area contributed by atoms with Gasteiger partial charge in [-0.1, -0.05) is 27.7 Å². The van der Waals surface area contributed by atoms with Crippen molar-refractivity contribution in [1.29, 1.82) is 0 Å². The van der Waals surface area contributed by atoms with E-state index in [0.717, 1.165) is 0 Å². The molecule has 1 amide bonds. The Morgan fingerprint density at radius 2 is 1.69 bits per heavy atom. The molecular formula is C12H26N2O2. The van der Waals surface area contributed by atoms with E-state index in [-0.39, 0.29) is 5.91 Å². The molecule has 96 valence electrons. The fourth-order valence-electron chi connectivity index (χ4n) is 1.59. The van der Waals surface area contributed by atoms with E-state index in [2.05, 4.69) is 5.32 Å². The van der Waals surface area contributed by atoms with Gasteiger partial charge in [-0.2, -0.15) is 0 Å². The van der Waals surface area contributed by atoms with Crippen LogP contribution in [0.25, 0.3) is 0 Å². The Balaban J connectivity index is 3.79. The van der Waals surface area contributed by atoms with Gasteiger partial charge >= 0.3 is 0 Å². The zero-order valence-electron chi connectivity index (χ0n) is 10.9. The third-order valence-electron chi connectivity index (χ3n) is 2.32. The number of carbonyl (C=O) groups excluding carboxylic acids is 1. The van der Waals surface area contributed by atoms with Crippen molar-refractivity contribution in [2.45, 2.75) is 52.7 Å². The number of rotatable bonds is 7. The van der Waals surface area contributed by atoms with Crippen molar-refractivity contribution >= 4 is 5.91 Å². The number of aliphatic hydroxyl groups is 1. The van der Waals surface area contributed by atoms with Gasteiger partial charge in [-0.3, -0.25) is 4.79 Å². The molecule has 0 aromatic heterocycles. The lowest BCUT2D eigenvalue weighted by atomic mass is 10.0. The van der Waals surface area contributed by atoms with Crippen molar-refractivity contribution in [3.63, 3.8) is 0 Å². The highest BCUT2D eigenvalue weighted by molar-refractivity contribution is 5.81. The summed E-state index contributed by atoms with van der Waals surface area (Å²) < 4.78 is 0. The van der Waals surface area contributed by atoms with Crippen molar-refractivity contribution in [1.82, 2.24) is 5.32 Å². The van der Waals surface area contributed by atoms with Gasteiger partial charge in [0.15, 0.2) is 0 Å². The Bertz CT molecular complexity index is 205. The second-order valence-corrected chi connectivity index (χ2v) is 5.26. The maximum atomic E-state index is 11.5. The highest BCUT2D eigenvalue weighted by Crippen LogP contribution is 2.04. The van der Waals surface area contributed by atoms with Crippen LogP contribution in [0.15, 0.2) is 0 Å². The Morgan fingerprint density at radius 1 is 1.19 bits per heavy atom. The molecule has 0 fully saturated rings. The first kappa shape index (κ1) is 15.4. The van der Waals surface area contributed by atoms with Crippen LogP contribution in [-0.2, 0) is 4.79 Å². The summed E-state index contributed by atoms with van der Waals surface area (Å²) in [6.07, 6.45) is 0.890. The zero-order chi connectivity index (χ0) is 12.7. The molecule has 0 aliphatic rings. The highest BCUT2D eigenvalue weighted by Gasteiger charge is 2.16. The van der Waals surface area contributed by atoms with E-state index in [1.54, 1.807) is 0 Å².